The highest BCUT2D eigenvalue weighted by Crippen LogP contribution is 2.26. The van der Waals surface area contributed by atoms with Gasteiger partial charge in [0.1, 0.15) is 0 Å². The second-order valence-electron chi connectivity index (χ2n) is 5.65. The molecule has 1 saturated carbocycles. The molecule has 0 bridgehead atoms. The molecule has 0 saturated heterocycles. The molecule has 0 radical (unpaired) electrons. The molecule has 1 aliphatic rings. The summed E-state index contributed by atoms with van der Waals surface area (Å²) in [4.78, 5) is 24.1. The lowest BCUT2D eigenvalue weighted by Gasteiger charge is -2.14. The van der Waals surface area contributed by atoms with Crippen LogP contribution in [0, 0.1) is 12.8 Å². The number of rotatable bonds is 4. The van der Waals surface area contributed by atoms with Crippen LogP contribution < -0.4 is 16.4 Å². The van der Waals surface area contributed by atoms with Gasteiger partial charge in [-0.3, -0.25) is 9.59 Å². The summed E-state index contributed by atoms with van der Waals surface area (Å²) in [7, 11) is 0. The van der Waals surface area contributed by atoms with E-state index >= 15 is 0 Å². The molecule has 2 unspecified atom stereocenters. The lowest BCUT2D eigenvalue weighted by Crippen LogP contribution is -2.25. The maximum Gasteiger partial charge on any atom is 0.251 e. The van der Waals surface area contributed by atoms with Crippen LogP contribution in [0.3, 0.4) is 0 Å². The van der Waals surface area contributed by atoms with Crippen molar-refractivity contribution < 1.29 is 9.59 Å². The molecule has 114 valence electrons. The summed E-state index contributed by atoms with van der Waals surface area (Å²) in [5.74, 6) is -0.150. The maximum absolute atomic E-state index is 12.3. The molecule has 2 atom stereocenters. The first kappa shape index (κ1) is 15.5. The zero-order valence-corrected chi connectivity index (χ0v) is 12.6. The summed E-state index contributed by atoms with van der Waals surface area (Å²) in [5.41, 5.74) is 8.05. The van der Waals surface area contributed by atoms with Crippen molar-refractivity contribution >= 4 is 17.5 Å². The number of benzene rings is 1. The number of nitrogens with one attached hydrogen (secondary N) is 2. The smallest absolute Gasteiger partial charge is 0.251 e. The number of aryl methyl sites for hydroxylation is 1. The number of amides is 2. The van der Waals surface area contributed by atoms with Crippen molar-refractivity contribution in [2.24, 2.45) is 11.7 Å². The van der Waals surface area contributed by atoms with Gasteiger partial charge in [-0.15, -0.1) is 0 Å². The Labute approximate surface area is 125 Å². The monoisotopic (exact) mass is 289 g/mol. The third kappa shape index (κ3) is 3.82. The van der Waals surface area contributed by atoms with E-state index in [9.17, 15) is 9.59 Å². The quantitative estimate of drug-likeness (QED) is 0.790. The molecule has 4 N–H and O–H groups in total. The van der Waals surface area contributed by atoms with Gasteiger partial charge in [0.2, 0.25) is 5.91 Å². The maximum atomic E-state index is 12.3. The van der Waals surface area contributed by atoms with Crippen LogP contribution in [0.2, 0.25) is 0 Å². The zero-order valence-electron chi connectivity index (χ0n) is 12.6. The Bertz CT molecular complexity index is 542. The Hall–Kier alpha value is -1.88. The van der Waals surface area contributed by atoms with Gasteiger partial charge < -0.3 is 16.4 Å². The lowest BCUT2D eigenvalue weighted by molar-refractivity contribution is -0.119. The number of carbonyl (C=O) groups excluding carboxylic acids is 2. The molecule has 1 fully saturated rings. The molecule has 2 amide bonds. The number of anilines is 1. The van der Waals surface area contributed by atoms with Gasteiger partial charge in [0.05, 0.1) is 0 Å². The first-order chi connectivity index (χ1) is 10.0. The Morgan fingerprint density at radius 1 is 1.33 bits per heavy atom. The van der Waals surface area contributed by atoms with E-state index in [0.717, 1.165) is 24.8 Å². The van der Waals surface area contributed by atoms with Crippen molar-refractivity contribution in [1.29, 1.82) is 0 Å². The van der Waals surface area contributed by atoms with E-state index in [4.69, 9.17) is 5.73 Å². The minimum atomic E-state index is -0.129. The largest absolute Gasteiger partial charge is 0.352 e. The normalized spacial score (nSPS) is 21.1. The number of hydrogen-bond acceptors (Lipinski definition) is 3. The van der Waals surface area contributed by atoms with E-state index in [1.165, 1.54) is 0 Å². The minimum Gasteiger partial charge on any atom is -0.352 e. The van der Waals surface area contributed by atoms with E-state index in [-0.39, 0.29) is 23.8 Å². The van der Waals surface area contributed by atoms with Gasteiger partial charge >= 0.3 is 0 Å². The topological polar surface area (TPSA) is 84.2 Å². The summed E-state index contributed by atoms with van der Waals surface area (Å²) >= 11 is 0. The van der Waals surface area contributed by atoms with E-state index in [0.29, 0.717) is 17.8 Å². The van der Waals surface area contributed by atoms with Crippen molar-refractivity contribution in [1.82, 2.24) is 5.32 Å². The minimum absolute atomic E-state index is 0.000834. The van der Waals surface area contributed by atoms with E-state index in [1.54, 1.807) is 12.1 Å². The van der Waals surface area contributed by atoms with Crippen LogP contribution >= 0.6 is 0 Å². The first-order valence-corrected chi connectivity index (χ1v) is 7.46. The molecule has 1 aromatic rings. The Morgan fingerprint density at radius 2 is 2.10 bits per heavy atom. The molecule has 5 nitrogen and oxygen atoms in total. The van der Waals surface area contributed by atoms with Crippen LogP contribution in [0.25, 0.3) is 0 Å². The molecular formula is C16H23N3O2. The standard InChI is InChI=1S/C16H23N3O2/c1-3-18-15(20)12-5-4-10(2)14(9-12)19-16(21)11-6-7-13(17)8-11/h4-5,9,11,13H,3,6-8,17H2,1-2H3,(H,18,20)(H,19,21). The fraction of sp³-hybridized carbons (Fsp3) is 0.500. The Morgan fingerprint density at radius 3 is 2.71 bits per heavy atom. The molecule has 21 heavy (non-hydrogen) atoms. The fourth-order valence-corrected chi connectivity index (χ4v) is 2.65. The highest BCUT2D eigenvalue weighted by Gasteiger charge is 2.28. The van der Waals surface area contributed by atoms with Gasteiger partial charge in [-0.05, 0) is 50.8 Å². The van der Waals surface area contributed by atoms with Crippen molar-refractivity contribution in [3.63, 3.8) is 0 Å². The fourth-order valence-electron chi connectivity index (χ4n) is 2.65. The van der Waals surface area contributed by atoms with E-state index in [2.05, 4.69) is 10.6 Å². The van der Waals surface area contributed by atoms with Crippen molar-refractivity contribution in [3.05, 3.63) is 29.3 Å². The molecule has 0 aromatic heterocycles. The number of nitrogens with two attached hydrogens (primary N) is 1. The van der Waals surface area contributed by atoms with Crippen LogP contribution in [0.15, 0.2) is 18.2 Å². The molecule has 1 aliphatic carbocycles. The van der Waals surface area contributed by atoms with Crippen molar-refractivity contribution in [2.45, 2.75) is 39.2 Å². The van der Waals surface area contributed by atoms with Crippen LogP contribution in [0.4, 0.5) is 5.69 Å². The van der Waals surface area contributed by atoms with Gasteiger partial charge in [-0.25, -0.2) is 0 Å². The lowest BCUT2D eigenvalue weighted by atomic mass is 10.1. The molecular weight excluding hydrogens is 266 g/mol. The van der Waals surface area contributed by atoms with Crippen molar-refractivity contribution in [2.75, 3.05) is 11.9 Å². The predicted octanol–water partition coefficient (Wildman–Crippen LogP) is 1.81. The van der Waals surface area contributed by atoms with Crippen LogP contribution in [-0.4, -0.2) is 24.4 Å². The second kappa shape index (κ2) is 6.72. The summed E-state index contributed by atoms with van der Waals surface area (Å²) in [6.07, 6.45) is 2.47. The van der Waals surface area contributed by atoms with Crippen LogP contribution in [0.1, 0.15) is 42.1 Å². The molecule has 2 rings (SSSR count). The van der Waals surface area contributed by atoms with Crippen molar-refractivity contribution in [3.8, 4) is 0 Å². The van der Waals surface area contributed by atoms with Gasteiger partial charge in [0, 0.05) is 29.8 Å². The highest BCUT2D eigenvalue weighted by molar-refractivity contribution is 5.98. The third-order valence-corrected chi connectivity index (χ3v) is 3.94. The van der Waals surface area contributed by atoms with Gasteiger partial charge in [0.15, 0.2) is 0 Å². The average Bonchev–Trinajstić information content (AvgIpc) is 2.88. The molecule has 0 spiro atoms. The molecule has 0 aliphatic heterocycles. The zero-order chi connectivity index (χ0) is 15.4. The predicted molar refractivity (Wildman–Crippen MR) is 83.1 cm³/mol. The van der Waals surface area contributed by atoms with Crippen LogP contribution in [-0.2, 0) is 4.79 Å². The van der Waals surface area contributed by atoms with Crippen LogP contribution in [0.5, 0.6) is 0 Å². The Balaban J connectivity index is 2.10. The van der Waals surface area contributed by atoms with E-state index in [1.807, 2.05) is 19.9 Å². The Kier molecular flexibility index (Phi) is 4.96. The van der Waals surface area contributed by atoms with E-state index < -0.39 is 0 Å². The SMILES string of the molecule is CCNC(=O)c1ccc(C)c(NC(=O)C2CCC(N)C2)c1. The molecule has 0 heterocycles. The second-order valence-corrected chi connectivity index (χ2v) is 5.65. The summed E-state index contributed by atoms with van der Waals surface area (Å²) in [5, 5.41) is 5.69. The van der Waals surface area contributed by atoms with Gasteiger partial charge in [0.25, 0.3) is 5.91 Å². The van der Waals surface area contributed by atoms with Gasteiger partial charge in [-0.1, -0.05) is 6.07 Å². The number of carbonyl (C=O) groups is 2. The number of hydrogen-bond donors (Lipinski definition) is 3. The average molecular weight is 289 g/mol. The molecule has 5 heteroatoms. The summed E-state index contributed by atoms with van der Waals surface area (Å²) in [6, 6.07) is 5.47. The van der Waals surface area contributed by atoms with Gasteiger partial charge in [-0.2, -0.15) is 0 Å². The highest BCUT2D eigenvalue weighted by atomic mass is 16.2. The first-order valence-electron chi connectivity index (χ1n) is 7.46. The molecule has 1 aromatic carbocycles. The third-order valence-electron chi connectivity index (χ3n) is 3.94. The summed E-state index contributed by atoms with van der Waals surface area (Å²) in [6.45, 7) is 4.37. The summed E-state index contributed by atoms with van der Waals surface area (Å²) < 4.78 is 0.